The van der Waals surface area contributed by atoms with E-state index in [1.165, 1.54) is 0 Å². The van der Waals surface area contributed by atoms with Crippen molar-refractivity contribution in [2.45, 2.75) is 84.2 Å². The maximum Gasteiger partial charge on any atom is 0.248 e. The maximum atomic E-state index is 13.1. The third-order valence-corrected chi connectivity index (χ3v) is 5.35. The van der Waals surface area contributed by atoms with E-state index in [0.717, 1.165) is 19.3 Å². The van der Waals surface area contributed by atoms with E-state index in [4.69, 9.17) is 0 Å². The molecule has 0 spiro atoms. The van der Waals surface area contributed by atoms with E-state index in [-0.39, 0.29) is 17.4 Å². The van der Waals surface area contributed by atoms with Crippen molar-refractivity contribution in [2.24, 2.45) is 0 Å². The third-order valence-electron chi connectivity index (χ3n) is 5.35. The number of hydrogen-bond donors (Lipinski definition) is 1. The smallest absolute Gasteiger partial charge is 0.248 e. The van der Waals surface area contributed by atoms with Crippen LogP contribution in [0.25, 0.3) is 0 Å². The summed E-state index contributed by atoms with van der Waals surface area (Å²) in [6, 6.07) is 0. The molecule has 0 atom stereocenters. The van der Waals surface area contributed by atoms with Gasteiger partial charge in [-0.3, -0.25) is 9.59 Å². The van der Waals surface area contributed by atoms with Crippen LogP contribution < -0.4 is 5.32 Å². The van der Waals surface area contributed by atoms with Gasteiger partial charge in [-0.1, -0.05) is 34.6 Å². The van der Waals surface area contributed by atoms with Crippen LogP contribution in [0.3, 0.4) is 0 Å². The third kappa shape index (κ3) is 2.70. The molecule has 4 nitrogen and oxygen atoms in total. The van der Waals surface area contributed by atoms with Gasteiger partial charge in [0.05, 0.1) is 0 Å². The molecule has 1 heterocycles. The quantitative estimate of drug-likeness (QED) is 0.814. The van der Waals surface area contributed by atoms with E-state index in [1.54, 1.807) is 0 Å². The Morgan fingerprint density at radius 2 is 1.55 bits per heavy atom. The van der Waals surface area contributed by atoms with Gasteiger partial charge in [-0.05, 0) is 32.1 Å². The van der Waals surface area contributed by atoms with Gasteiger partial charge in [0.2, 0.25) is 11.8 Å². The molecule has 4 heteroatoms. The molecular formula is C16H30N2O2. The van der Waals surface area contributed by atoms with Crippen LogP contribution in [-0.2, 0) is 9.59 Å². The number of carbonyl (C=O) groups excluding carboxylic acids is 2. The predicted molar refractivity (Wildman–Crippen MR) is 81.4 cm³/mol. The zero-order valence-electron chi connectivity index (χ0n) is 13.7. The molecule has 0 saturated carbocycles. The minimum absolute atomic E-state index is 0.00163. The largest absolute Gasteiger partial charge is 0.342 e. The Labute approximate surface area is 123 Å². The van der Waals surface area contributed by atoms with Crippen LogP contribution in [0.1, 0.15) is 73.1 Å². The first-order valence-electron chi connectivity index (χ1n) is 8.08. The fraction of sp³-hybridized carbons (Fsp3) is 0.875. The summed E-state index contributed by atoms with van der Waals surface area (Å²) >= 11 is 0. The molecule has 0 bridgehead atoms. The molecule has 1 rings (SSSR count). The van der Waals surface area contributed by atoms with Gasteiger partial charge in [0, 0.05) is 18.5 Å². The lowest BCUT2D eigenvalue weighted by atomic mass is 9.84. The summed E-state index contributed by atoms with van der Waals surface area (Å²) in [6.45, 7) is 10.9. The Bertz CT molecular complexity index is 349. The van der Waals surface area contributed by atoms with Gasteiger partial charge in [-0.15, -0.1) is 0 Å². The van der Waals surface area contributed by atoms with Gasteiger partial charge < -0.3 is 10.2 Å². The Balaban J connectivity index is 3.25. The lowest BCUT2D eigenvalue weighted by Gasteiger charge is -2.45. The van der Waals surface area contributed by atoms with Gasteiger partial charge in [-0.2, -0.15) is 0 Å². The van der Waals surface area contributed by atoms with Crippen molar-refractivity contribution in [1.29, 1.82) is 0 Å². The standard InChI is InChI=1S/C16H30N2O2/c1-6-15(7-2,8-3)18-12-11-13(19)17-16(9-4,10-5)14(18)20/h6-12H2,1-5H3,(H,17,19). The number of hydrogen-bond acceptors (Lipinski definition) is 2. The fourth-order valence-corrected chi connectivity index (χ4v) is 3.46. The molecule has 0 aromatic rings. The van der Waals surface area contributed by atoms with E-state index >= 15 is 0 Å². The van der Waals surface area contributed by atoms with Crippen molar-refractivity contribution < 1.29 is 9.59 Å². The van der Waals surface area contributed by atoms with Gasteiger partial charge in [-0.25, -0.2) is 0 Å². The number of carbonyl (C=O) groups is 2. The Morgan fingerprint density at radius 3 is 1.95 bits per heavy atom. The highest BCUT2D eigenvalue weighted by molar-refractivity contribution is 5.94. The monoisotopic (exact) mass is 282 g/mol. The summed E-state index contributed by atoms with van der Waals surface area (Å²) in [6.07, 6.45) is 4.52. The van der Waals surface area contributed by atoms with Crippen molar-refractivity contribution >= 4 is 11.8 Å². The van der Waals surface area contributed by atoms with Crippen molar-refractivity contribution in [1.82, 2.24) is 10.2 Å². The van der Waals surface area contributed by atoms with Crippen molar-refractivity contribution in [3.8, 4) is 0 Å². The minimum Gasteiger partial charge on any atom is -0.342 e. The van der Waals surface area contributed by atoms with Gasteiger partial charge in [0.25, 0.3) is 0 Å². The molecule has 2 amide bonds. The summed E-state index contributed by atoms with van der Waals surface area (Å²) < 4.78 is 0. The highest BCUT2D eigenvalue weighted by atomic mass is 16.2. The molecule has 1 aliphatic rings. The Kier molecular flexibility index (Phi) is 5.60. The van der Waals surface area contributed by atoms with Crippen molar-refractivity contribution in [3.63, 3.8) is 0 Å². The van der Waals surface area contributed by atoms with E-state index in [9.17, 15) is 9.59 Å². The first kappa shape index (κ1) is 17.0. The first-order chi connectivity index (χ1) is 9.45. The van der Waals surface area contributed by atoms with Crippen LogP contribution in [0.2, 0.25) is 0 Å². The average molecular weight is 282 g/mol. The Morgan fingerprint density at radius 1 is 1.05 bits per heavy atom. The molecule has 116 valence electrons. The zero-order chi connectivity index (χ0) is 15.4. The van der Waals surface area contributed by atoms with Crippen LogP contribution in [0.15, 0.2) is 0 Å². The molecular weight excluding hydrogens is 252 g/mol. The fourth-order valence-electron chi connectivity index (χ4n) is 3.46. The summed E-state index contributed by atoms with van der Waals surface area (Å²) in [5, 5.41) is 2.99. The van der Waals surface area contributed by atoms with Crippen molar-refractivity contribution in [3.05, 3.63) is 0 Å². The van der Waals surface area contributed by atoms with Crippen LogP contribution in [-0.4, -0.2) is 34.3 Å². The van der Waals surface area contributed by atoms with Gasteiger partial charge >= 0.3 is 0 Å². The average Bonchev–Trinajstić information content (AvgIpc) is 2.60. The number of rotatable bonds is 6. The summed E-state index contributed by atoms with van der Waals surface area (Å²) in [5.41, 5.74) is -0.822. The van der Waals surface area contributed by atoms with E-state index in [0.29, 0.717) is 25.8 Å². The molecule has 0 radical (unpaired) electrons. The van der Waals surface area contributed by atoms with E-state index in [1.807, 2.05) is 18.7 Å². The van der Waals surface area contributed by atoms with E-state index < -0.39 is 5.54 Å². The molecule has 20 heavy (non-hydrogen) atoms. The predicted octanol–water partition coefficient (Wildman–Crippen LogP) is 2.86. The zero-order valence-corrected chi connectivity index (χ0v) is 13.7. The topological polar surface area (TPSA) is 49.4 Å². The summed E-state index contributed by atoms with van der Waals surface area (Å²) in [7, 11) is 0. The van der Waals surface area contributed by atoms with E-state index in [2.05, 4.69) is 26.1 Å². The van der Waals surface area contributed by atoms with Gasteiger partial charge in [0.1, 0.15) is 5.54 Å². The highest BCUT2D eigenvalue weighted by Gasteiger charge is 2.47. The second-order valence-electron chi connectivity index (χ2n) is 5.83. The van der Waals surface area contributed by atoms with Crippen LogP contribution in [0.5, 0.6) is 0 Å². The minimum atomic E-state index is -0.710. The van der Waals surface area contributed by atoms with Crippen LogP contribution in [0.4, 0.5) is 0 Å². The SMILES string of the molecule is CCC1(CC)NC(=O)CCN(C(CC)(CC)CC)C1=O. The van der Waals surface area contributed by atoms with Crippen LogP contribution >= 0.6 is 0 Å². The molecule has 1 N–H and O–H groups in total. The number of nitrogens with zero attached hydrogens (tertiary/aromatic N) is 1. The molecule has 1 fully saturated rings. The first-order valence-corrected chi connectivity index (χ1v) is 8.08. The second kappa shape index (κ2) is 6.59. The number of nitrogens with one attached hydrogen (secondary N) is 1. The second-order valence-corrected chi connectivity index (χ2v) is 5.83. The number of amides is 2. The maximum absolute atomic E-state index is 13.1. The molecule has 0 aromatic carbocycles. The van der Waals surface area contributed by atoms with Gasteiger partial charge in [0.15, 0.2) is 0 Å². The van der Waals surface area contributed by atoms with Crippen LogP contribution in [0, 0.1) is 0 Å². The highest BCUT2D eigenvalue weighted by Crippen LogP contribution is 2.33. The molecule has 0 aromatic heterocycles. The lowest BCUT2D eigenvalue weighted by molar-refractivity contribution is -0.145. The summed E-state index contributed by atoms with van der Waals surface area (Å²) in [4.78, 5) is 27.1. The Hall–Kier alpha value is -1.06. The lowest BCUT2D eigenvalue weighted by Crippen LogP contribution is -2.61. The molecule has 0 unspecified atom stereocenters. The molecule has 1 aliphatic heterocycles. The molecule has 0 aliphatic carbocycles. The van der Waals surface area contributed by atoms with Crippen molar-refractivity contribution in [2.75, 3.05) is 6.54 Å². The molecule has 1 saturated heterocycles. The summed E-state index contributed by atoms with van der Waals surface area (Å²) in [5.74, 6) is 0.112. The normalized spacial score (nSPS) is 19.8.